The number of benzene rings is 1. The molecule has 2 heterocycles. The Bertz CT molecular complexity index is 873. The summed E-state index contributed by atoms with van der Waals surface area (Å²) in [4.78, 5) is 15.6. The van der Waals surface area contributed by atoms with Gasteiger partial charge in [-0.3, -0.25) is 4.79 Å². The van der Waals surface area contributed by atoms with Crippen LogP contribution < -0.4 is 5.32 Å². The first kappa shape index (κ1) is 18.9. The molecule has 1 aliphatic rings. The van der Waals surface area contributed by atoms with Crippen molar-refractivity contribution in [1.82, 2.24) is 14.6 Å². The number of nitrogens with zero attached hydrogens (tertiary/aromatic N) is 2. The fraction of sp³-hybridized carbons (Fsp3) is 0.412. The van der Waals surface area contributed by atoms with Gasteiger partial charge in [0.05, 0.1) is 22.1 Å². The first-order chi connectivity index (χ1) is 12.4. The molecule has 0 spiro atoms. The number of carbonyl (C=O) groups is 1. The molecule has 1 fully saturated rings. The summed E-state index contributed by atoms with van der Waals surface area (Å²) in [7, 11) is -3.60. The zero-order valence-electron chi connectivity index (χ0n) is 14.3. The van der Waals surface area contributed by atoms with Crippen LogP contribution in [0.5, 0.6) is 0 Å². The molecular weight excluding hydrogens is 377 g/mol. The van der Waals surface area contributed by atoms with Crippen LogP contribution in [-0.2, 0) is 21.4 Å². The Hall–Kier alpha value is -1.84. The number of rotatable bonds is 5. The number of aromatic nitrogens is 1. The Morgan fingerprint density at radius 3 is 2.58 bits per heavy atom. The van der Waals surface area contributed by atoms with Gasteiger partial charge in [-0.05, 0) is 37.1 Å². The zero-order chi connectivity index (χ0) is 18.7. The van der Waals surface area contributed by atoms with Crippen LogP contribution in [0.25, 0.3) is 0 Å². The third-order valence-corrected chi connectivity index (χ3v) is 7.31. The van der Waals surface area contributed by atoms with Gasteiger partial charge in [0, 0.05) is 31.3 Å². The van der Waals surface area contributed by atoms with Gasteiger partial charge in [-0.25, -0.2) is 17.8 Å². The van der Waals surface area contributed by atoms with Gasteiger partial charge in [0.25, 0.3) is 0 Å². The fourth-order valence-electron chi connectivity index (χ4n) is 2.91. The summed E-state index contributed by atoms with van der Waals surface area (Å²) in [5, 5.41) is 5.62. The van der Waals surface area contributed by atoms with E-state index in [9.17, 15) is 17.6 Å². The van der Waals surface area contributed by atoms with Crippen molar-refractivity contribution in [2.75, 3.05) is 13.1 Å². The second kappa shape index (κ2) is 7.81. The first-order valence-electron chi connectivity index (χ1n) is 8.30. The molecule has 26 heavy (non-hydrogen) atoms. The molecule has 1 saturated heterocycles. The second-order valence-corrected chi connectivity index (χ2v) is 9.05. The van der Waals surface area contributed by atoms with E-state index < -0.39 is 15.8 Å². The Morgan fingerprint density at radius 2 is 1.96 bits per heavy atom. The van der Waals surface area contributed by atoms with Crippen molar-refractivity contribution < 1.29 is 17.6 Å². The molecule has 1 amide bonds. The van der Waals surface area contributed by atoms with Crippen molar-refractivity contribution in [3.8, 4) is 0 Å². The fourth-order valence-corrected chi connectivity index (χ4v) is 5.37. The van der Waals surface area contributed by atoms with Crippen LogP contribution in [0.1, 0.15) is 36.4 Å². The maximum atomic E-state index is 13.0. The Morgan fingerprint density at radius 1 is 1.31 bits per heavy atom. The lowest BCUT2D eigenvalue weighted by molar-refractivity contribution is -0.119. The smallest absolute Gasteiger partial charge is 0.243 e. The molecular formula is C17H20FN3O3S2. The average molecular weight is 397 g/mol. The second-order valence-electron chi connectivity index (χ2n) is 6.22. The van der Waals surface area contributed by atoms with Gasteiger partial charge in [0.15, 0.2) is 0 Å². The quantitative estimate of drug-likeness (QED) is 0.841. The van der Waals surface area contributed by atoms with Gasteiger partial charge < -0.3 is 5.32 Å². The monoisotopic (exact) mass is 397 g/mol. The van der Waals surface area contributed by atoms with Crippen LogP contribution in [0.4, 0.5) is 4.39 Å². The number of carbonyl (C=O) groups excluding carboxylic acids is 1. The normalized spacial score (nSPS) is 16.5. The molecule has 1 aromatic heterocycles. The largest absolute Gasteiger partial charge is 0.351 e. The number of halogens is 1. The summed E-state index contributed by atoms with van der Waals surface area (Å²) in [5.41, 5.74) is 0.821. The summed E-state index contributed by atoms with van der Waals surface area (Å²) < 4.78 is 39.8. The molecule has 0 bridgehead atoms. The zero-order valence-corrected chi connectivity index (χ0v) is 15.9. The van der Waals surface area contributed by atoms with Crippen LogP contribution in [0.2, 0.25) is 0 Å². The van der Waals surface area contributed by atoms with E-state index in [-0.39, 0.29) is 16.7 Å². The van der Waals surface area contributed by atoms with Gasteiger partial charge in [0.1, 0.15) is 5.82 Å². The van der Waals surface area contributed by atoms with Gasteiger partial charge >= 0.3 is 0 Å². The molecule has 3 rings (SSSR count). The van der Waals surface area contributed by atoms with Crippen LogP contribution in [-0.4, -0.2) is 36.7 Å². The molecule has 2 aromatic rings. The highest BCUT2D eigenvalue weighted by atomic mass is 32.2. The van der Waals surface area contributed by atoms with Gasteiger partial charge in [-0.1, -0.05) is 0 Å². The van der Waals surface area contributed by atoms with Crippen molar-refractivity contribution in [3.05, 3.63) is 46.2 Å². The van der Waals surface area contributed by atoms with Crippen molar-refractivity contribution in [1.29, 1.82) is 0 Å². The first-order valence-corrected chi connectivity index (χ1v) is 10.6. The summed E-state index contributed by atoms with van der Waals surface area (Å²) in [5.74, 6) is -0.342. The summed E-state index contributed by atoms with van der Waals surface area (Å²) >= 11 is 1.54. The number of sulfonamides is 1. The molecule has 1 aliphatic heterocycles. The van der Waals surface area contributed by atoms with E-state index in [0.29, 0.717) is 32.5 Å². The molecule has 1 N–H and O–H groups in total. The standard InChI is InChI=1S/C17H20FN3O3S2/c1-12(22)19-10-15-11-25-17(20-15)13-6-8-21(9-7-13)26(23,24)16-4-2-14(18)3-5-16/h2-5,11,13H,6-10H2,1H3,(H,19,22). The van der Waals surface area contributed by atoms with Gasteiger partial charge in [-0.15, -0.1) is 11.3 Å². The predicted molar refractivity (Wildman–Crippen MR) is 96.8 cm³/mol. The van der Waals surface area contributed by atoms with E-state index in [0.717, 1.165) is 22.8 Å². The number of hydrogen-bond acceptors (Lipinski definition) is 5. The minimum atomic E-state index is -3.60. The van der Waals surface area contributed by atoms with E-state index >= 15 is 0 Å². The summed E-state index contributed by atoms with van der Waals surface area (Å²) in [6, 6.07) is 4.91. The van der Waals surface area contributed by atoms with Crippen LogP contribution in [0.3, 0.4) is 0 Å². The topological polar surface area (TPSA) is 79.4 Å². The third-order valence-electron chi connectivity index (χ3n) is 4.34. The minimum absolute atomic E-state index is 0.0983. The lowest BCUT2D eigenvalue weighted by Gasteiger charge is -2.30. The van der Waals surface area contributed by atoms with Crippen molar-refractivity contribution in [2.45, 2.75) is 37.1 Å². The number of amides is 1. The van der Waals surface area contributed by atoms with Crippen LogP contribution in [0.15, 0.2) is 34.5 Å². The highest BCUT2D eigenvalue weighted by molar-refractivity contribution is 7.89. The molecule has 0 unspecified atom stereocenters. The summed E-state index contributed by atoms with van der Waals surface area (Å²) in [6.07, 6.45) is 1.38. The van der Waals surface area contributed by atoms with Gasteiger partial charge in [-0.2, -0.15) is 4.31 Å². The minimum Gasteiger partial charge on any atom is -0.351 e. The van der Waals surface area contributed by atoms with Crippen molar-refractivity contribution in [3.63, 3.8) is 0 Å². The number of nitrogens with one attached hydrogen (secondary N) is 1. The maximum absolute atomic E-state index is 13.0. The van der Waals surface area contributed by atoms with E-state index in [1.807, 2.05) is 5.38 Å². The van der Waals surface area contributed by atoms with Crippen LogP contribution in [0, 0.1) is 5.82 Å². The van der Waals surface area contributed by atoms with Crippen LogP contribution >= 0.6 is 11.3 Å². The third kappa shape index (κ3) is 4.28. The van der Waals surface area contributed by atoms with Crippen molar-refractivity contribution in [2.24, 2.45) is 0 Å². The highest BCUT2D eigenvalue weighted by Gasteiger charge is 2.31. The number of hydrogen-bond donors (Lipinski definition) is 1. The van der Waals surface area contributed by atoms with E-state index in [1.54, 1.807) is 11.3 Å². The van der Waals surface area contributed by atoms with E-state index in [2.05, 4.69) is 10.3 Å². The lowest BCUT2D eigenvalue weighted by atomic mass is 9.99. The molecule has 0 atom stereocenters. The number of piperidine rings is 1. The van der Waals surface area contributed by atoms with Crippen molar-refractivity contribution >= 4 is 27.3 Å². The maximum Gasteiger partial charge on any atom is 0.243 e. The summed E-state index contributed by atoms with van der Waals surface area (Å²) in [6.45, 7) is 2.68. The molecule has 0 saturated carbocycles. The van der Waals surface area contributed by atoms with Gasteiger partial charge in [0.2, 0.25) is 15.9 Å². The molecule has 1 aromatic carbocycles. The highest BCUT2D eigenvalue weighted by Crippen LogP contribution is 2.32. The predicted octanol–water partition coefficient (Wildman–Crippen LogP) is 2.49. The van der Waals surface area contributed by atoms with E-state index in [4.69, 9.17) is 0 Å². The lowest BCUT2D eigenvalue weighted by Crippen LogP contribution is -2.37. The average Bonchev–Trinajstić information content (AvgIpc) is 3.09. The SMILES string of the molecule is CC(=O)NCc1csc(C2CCN(S(=O)(=O)c3ccc(F)cc3)CC2)n1. The number of thiazole rings is 1. The molecule has 140 valence electrons. The Labute approximate surface area is 156 Å². The van der Waals surface area contributed by atoms with E-state index in [1.165, 1.54) is 23.4 Å². The molecule has 9 heteroatoms. The molecule has 0 aliphatic carbocycles. The Balaban J connectivity index is 1.62. The molecule has 0 radical (unpaired) electrons. The Kier molecular flexibility index (Phi) is 5.69. The molecule has 6 nitrogen and oxygen atoms in total.